The van der Waals surface area contributed by atoms with Gasteiger partial charge in [0, 0.05) is 25.9 Å². The van der Waals surface area contributed by atoms with Crippen molar-refractivity contribution in [1.29, 1.82) is 0 Å². The van der Waals surface area contributed by atoms with Gasteiger partial charge in [-0.3, -0.25) is 13.9 Å². The van der Waals surface area contributed by atoms with Crippen molar-refractivity contribution in [3.05, 3.63) is 70.6 Å². The van der Waals surface area contributed by atoms with Gasteiger partial charge in [-0.05, 0) is 24.1 Å². The van der Waals surface area contributed by atoms with Crippen molar-refractivity contribution >= 4 is 22.9 Å². The van der Waals surface area contributed by atoms with Gasteiger partial charge in [0.25, 0.3) is 0 Å². The number of para-hydroxylation sites is 2. The fourth-order valence-corrected chi connectivity index (χ4v) is 3.46. The highest BCUT2D eigenvalue weighted by atomic mass is 16.4. The van der Waals surface area contributed by atoms with Crippen molar-refractivity contribution in [1.82, 2.24) is 14.5 Å². The zero-order valence-electron chi connectivity index (χ0n) is 16.4. The van der Waals surface area contributed by atoms with Gasteiger partial charge < -0.3 is 10.4 Å². The molecule has 0 aliphatic rings. The predicted molar refractivity (Wildman–Crippen MR) is 111 cm³/mol. The lowest BCUT2D eigenvalue weighted by molar-refractivity contribution is -0.141. The molecule has 0 saturated heterocycles. The number of benzene rings is 2. The van der Waals surface area contributed by atoms with E-state index in [0.29, 0.717) is 6.54 Å². The number of carboxylic acids is 1. The largest absolute Gasteiger partial charge is 0.480 e. The Hall–Kier alpha value is -3.35. The van der Waals surface area contributed by atoms with Crippen LogP contribution < -0.4 is 11.0 Å². The lowest BCUT2D eigenvalue weighted by atomic mass is 10.1. The first-order chi connectivity index (χ1) is 14.0. The van der Waals surface area contributed by atoms with E-state index in [2.05, 4.69) is 5.32 Å². The Labute approximate surface area is 168 Å². The molecule has 1 amide bonds. The number of carbonyl (C=O) groups is 2. The van der Waals surface area contributed by atoms with E-state index in [1.54, 1.807) is 9.13 Å². The Morgan fingerprint density at radius 1 is 0.966 bits per heavy atom. The van der Waals surface area contributed by atoms with Crippen LogP contribution in [-0.4, -0.2) is 32.2 Å². The van der Waals surface area contributed by atoms with Crippen molar-refractivity contribution in [2.24, 2.45) is 0 Å². The zero-order chi connectivity index (χ0) is 20.8. The average molecular weight is 395 g/mol. The number of hydrogen-bond acceptors (Lipinski definition) is 3. The van der Waals surface area contributed by atoms with E-state index >= 15 is 0 Å². The summed E-state index contributed by atoms with van der Waals surface area (Å²) in [5.74, 6) is -1.48. The third-order valence-corrected chi connectivity index (χ3v) is 4.85. The molecule has 2 aromatic carbocycles. The number of fused-ring (bicyclic) bond motifs is 1. The minimum atomic E-state index is -1.08. The van der Waals surface area contributed by atoms with E-state index in [1.165, 1.54) is 0 Å². The number of rotatable bonds is 9. The Morgan fingerprint density at radius 2 is 1.55 bits per heavy atom. The van der Waals surface area contributed by atoms with Crippen molar-refractivity contribution in [2.45, 2.75) is 45.3 Å². The molecule has 2 N–H and O–H groups in total. The number of imidazole rings is 1. The van der Waals surface area contributed by atoms with Crippen LogP contribution in [0, 0.1) is 0 Å². The van der Waals surface area contributed by atoms with Gasteiger partial charge in [-0.2, -0.15) is 0 Å². The summed E-state index contributed by atoms with van der Waals surface area (Å²) >= 11 is 0. The second-order valence-corrected chi connectivity index (χ2v) is 6.97. The summed E-state index contributed by atoms with van der Waals surface area (Å²) in [5, 5.41) is 12.0. The molecule has 0 saturated carbocycles. The molecule has 152 valence electrons. The summed E-state index contributed by atoms with van der Waals surface area (Å²) < 4.78 is 3.29. The van der Waals surface area contributed by atoms with Crippen LogP contribution in [0.3, 0.4) is 0 Å². The lowest BCUT2D eigenvalue weighted by Gasteiger charge is -2.15. The minimum absolute atomic E-state index is 0.0264. The second kappa shape index (κ2) is 9.23. The van der Waals surface area contributed by atoms with Gasteiger partial charge in [0.05, 0.1) is 11.0 Å². The zero-order valence-corrected chi connectivity index (χ0v) is 16.4. The first-order valence-electron chi connectivity index (χ1n) is 9.75. The van der Waals surface area contributed by atoms with Gasteiger partial charge >= 0.3 is 11.7 Å². The van der Waals surface area contributed by atoms with E-state index < -0.39 is 17.9 Å². The first kappa shape index (κ1) is 20.4. The fraction of sp³-hybridized carbons (Fsp3) is 0.318. The molecule has 0 unspecified atom stereocenters. The quantitative estimate of drug-likeness (QED) is 0.582. The molecule has 1 heterocycles. The van der Waals surface area contributed by atoms with E-state index in [9.17, 15) is 19.5 Å². The van der Waals surface area contributed by atoms with Crippen LogP contribution in [-0.2, 0) is 29.1 Å². The van der Waals surface area contributed by atoms with Gasteiger partial charge in [-0.15, -0.1) is 0 Å². The molecule has 3 rings (SSSR count). The molecule has 1 atom stereocenters. The third-order valence-electron chi connectivity index (χ3n) is 4.85. The van der Waals surface area contributed by atoms with Crippen molar-refractivity contribution in [3.8, 4) is 0 Å². The van der Waals surface area contributed by atoms with Crippen molar-refractivity contribution in [2.75, 3.05) is 0 Å². The minimum Gasteiger partial charge on any atom is -0.480 e. The van der Waals surface area contributed by atoms with Crippen LogP contribution >= 0.6 is 0 Å². The molecular formula is C22H25N3O4. The average Bonchev–Trinajstić information content (AvgIpc) is 2.98. The Morgan fingerprint density at radius 3 is 2.14 bits per heavy atom. The van der Waals surface area contributed by atoms with Crippen LogP contribution in [0.5, 0.6) is 0 Å². The molecule has 0 radical (unpaired) electrons. The summed E-state index contributed by atoms with van der Waals surface area (Å²) in [6.07, 6.45) is 1.06. The second-order valence-electron chi connectivity index (χ2n) is 6.97. The number of carboxylic acid groups (broad SMARTS) is 1. The Kier molecular flexibility index (Phi) is 6.49. The van der Waals surface area contributed by atoms with Crippen LogP contribution in [0.4, 0.5) is 0 Å². The molecule has 3 aromatic rings. The number of nitrogens with zero attached hydrogens (tertiary/aromatic N) is 2. The highest BCUT2D eigenvalue weighted by Crippen LogP contribution is 2.13. The lowest BCUT2D eigenvalue weighted by Crippen LogP contribution is -2.42. The monoisotopic (exact) mass is 395 g/mol. The maximum atomic E-state index is 12.8. The number of amides is 1. The number of aryl methyl sites for hydroxylation is 2. The number of aliphatic carboxylic acids is 1. The Bertz CT molecular complexity index is 1050. The van der Waals surface area contributed by atoms with Crippen LogP contribution in [0.2, 0.25) is 0 Å². The normalized spacial score (nSPS) is 12.0. The van der Waals surface area contributed by atoms with E-state index in [0.717, 1.165) is 23.0 Å². The van der Waals surface area contributed by atoms with E-state index in [1.807, 2.05) is 61.5 Å². The number of carbonyl (C=O) groups excluding carboxylic acids is 1. The molecule has 0 fully saturated rings. The van der Waals surface area contributed by atoms with Crippen LogP contribution in [0.15, 0.2) is 59.4 Å². The van der Waals surface area contributed by atoms with Crippen LogP contribution in [0.25, 0.3) is 11.0 Å². The van der Waals surface area contributed by atoms with Crippen molar-refractivity contribution < 1.29 is 14.7 Å². The third kappa shape index (κ3) is 4.74. The van der Waals surface area contributed by atoms with Crippen molar-refractivity contribution in [3.63, 3.8) is 0 Å². The molecule has 0 aliphatic heterocycles. The summed E-state index contributed by atoms with van der Waals surface area (Å²) in [6.45, 7) is 2.81. The van der Waals surface area contributed by atoms with E-state index in [-0.39, 0.29) is 25.1 Å². The molecule has 0 aliphatic carbocycles. The predicted octanol–water partition coefficient (Wildman–Crippen LogP) is 2.42. The molecule has 7 nitrogen and oxygen atoms in total. The van der Waals surface area contributed by atoms with Gasteiger partial charge in [0.15, 0.2) is 0 Å². The van der Waals surface area contributed by atoms with Gasteiger partial charge in [0.2, 0.25) is 5.91 Å². The van der Waals surface area contributed by atoms with Gasteiger partial charge in [-0.1, -0.05) is 49.4 Å². The maximum absolute atomic E-state index is 12.8. The standard InChI is InChI=1S/C22H25N3O4/c1-2-13-24-18-10-6-7-11-19(18)25(22(24)29)14-12-20(26)23-17(21(27)28)15-16-8-4-3-5-9-16/h3-11,17H,2,12-15H2,1H3,(H,23,26)(H,27,28)/t17-/m0/s1. The highest BCUT2D eigenvalue weighted by molar-refractivity contribution is 5.84. The summed E-state index contributed by atoms with van der Waals surface area (Å²) in [6, 6.07) is 15.6. The molecule has 0 bridgehead atoms. The topological polar surface area (TPSA) is 93.3 Å². The molecule has 1 aromatic heterocycles. The molecule has 29 heavy (non-hydrogen) atoms. The summed E-state index contributed by atoms with van der Waals surface area (Å²) in [5.41, 5.74) is 2.30. The number of nitrogens with one attached hydrogen (secondary N) is 1. The smallest absolute Gasteiger partial charge is 0.329 e. The van der Waals surface area contributed by atoms with Gasteiger partial charge in [-0.25, -0.2) is 9.59 Å². The van der Waals surface area contributed by atoms with Gasteiger partial charge in [0.1, 0.15) is 6.04 Å². The summed E-state index contributed by atoms with van der Waals surface area (Å²) in [4.78, 5) is 36.7. The first-order valence-corrected chi connectivity index (χ1v) is 9.75. The Balaban J connectivity index is 1.71. The SMILES string of the molecule is CCCn1c(=O)n(CCC(=O)N[C@@H](Cc2ccccc2)C(=O)O)c2ccccc21. The molecule has 0 spiro atoms. The van der Waals surface area contributed by atoms with Crippen LogP contribution in [0.1, 0.15) is 25.3 Å². The summed E-state index contributed by atoms with van der Waals surface area (Å²) in [7, 11) is 0. The fourth-order valence-electron chi connectivity index (χ4n) is 3.46. The molecule has 7 heteroatoms. The number of aromatic nitrogens is 2. The highest BCUT2D eigenvalue weighted by Gasteiger charge is 2.21. The molecular weight excluding hydrogens is 370 g/mol. The number of hydrogen-bond donors (Lipinski definition) is 2. The maximum Gasteiger partial charge on any atom is 0.329 e. The van der Waals surface area contributed by atoms with E-state index in [4.69, 9.17) is 0 Å².